The molecule has 0 atom stereocenters. The maximum atomic E-state index is 13.1. The van der Waals surface area contributed by atoms with Gasteiger partial charge in [0.05, 0.1) is 11.2 Å². The monoisotopic (exact) mass is 284 g/mol. The number of nitrogens with one attached hydrogen (secondary N) is 1. The van der Waals surface area contributed by atoms with Crippen LogP contribution in [0.1, 0.15) is 11.3 Å². The molecule has 21 heavy (non-hydrogen) atoms. The van der Waals surface area contributed by atoms with Crippen LogP contribution < -0.4 is 5.32 Å². The van der Waals surface area contributed by atoms with Crippen molar-refractivity contribution in [2.24, 2.45) is 0 Å². The minimum absolute atomic E-state index is 0.464. The summed E-state index contributed by atoms with van der Waals surface area (Å²) >= 11 is 0. The molecular weight excluding hydrogens is 270 g/mol. The van der Waals surface area contributed by atoms with E-state index in [4.69, 9.17) is 0 Å². The molecule has 3 rings (SSSR count). The highest BCUT2D eigenvalue weighted by Gasteiger charge is 2.03. The summed E-state index contributed by atoms with van der Waals surface area (Å²) in [5.74, 6) is -1.65. The number of fused-ring (bicyclic) bond motifs is 1. The molecule has 0 aliphatic rings. The number of hydrogen-bond acceptors (Lipinski definition) is 2. The SMILES string of the molecule is Fc1ccc(CNCc2ccc3ccccc3n2)cc1F. The number of halogens is 2. The quantitative estimate of drug-likeness (QED) is 0.788. The van der Waals surface area contributed by atoms with E-state index in [1.165, 1.54) is 6.07 Å². The summed E-state index contributed by atoms with van der Waals surface area (Å²) in [4.78, 5) is 4.54. The molecular formula is C17H14F2N2. The summed E-state index contributed by atoms with van der Waals surface area (Å²) < 4.78 is 25.9. The van der Waals surface area contributed by atoms with Crippen molar-refractivity contribution in [2.75, 3.05) is 0 Å². The van der Waals surface area contributed by atoms with Crippen LogP contribution in [0, 0.1) is 11.6 Å². The highest BCUT2D eigenvalue weighted by Crippen LogP contribution is 2.12. The van der Waals surface area contributed by atoms with Crippen LogP contribution in [-0.4, -0.2) is 4.98 Å². The Bertz CT molecular complexity index is 772. The minimum Gasteiger partial charge on any atom is -0.307 e. The molecule has 2 nitrogen and oxygen atoms in total. The van der Waals surface area contributed by atoms with Crippen molar-refractivity contribution in [3.63, 3.8) is 0 Å². The fourth-order valence-corrected chi connectivity index (χ4v) is 2.19. The molecule has 0 amide bonds. The molecule has 0 unspecified atom stereocenters. The number of pyridine rings is 1. The highest BCUT2D eigenvalue weighted by atomic mass is 19.2. The summed E-state index contributed by atoms with van der Waals surface area (Å²) in [6.07, 6.45) is 0. The van der Waals surface area contributed by atoms with Crippen molar-refractivity contribution in [1.82, 2.24) is 10.3 Å². The Hall–Kier alpha value is -2.33. The Morgan fingerprint density at radius 2 is 1.71 bits per heavy atom. The third-order valence-electron chi connectivity index (χ3n) is 3.28. The third kappa shape index (κ3) is 3.23. The van der Waals surface area contributed by atoms with Gasteiger partial charge in [0.15, 0.2) is 11.6 Å². The van der Waals surface area contributed by atoms with Gasteiger partial charge in [0.1, 0.15) is 0 Å². The molecule has 0 spiro atoms. The maximum absolute atomic E-state index is 13.1. The van der Waals surface area contributed by atoms with Crippen molar-refractivity contribution < 1.29 is 8.78 Å². The molecule has 0 bridgehead atoms. The van der Waals surface area contributed by atoms with Gasteiger partial charge >= 0.3 is 0 Å². The lowest BCUT2D eigenvalue weighted by Crippen LogP contribution is -2.13. The molecule has 0 fully saturated rings. The first-order valence-electron chi connectivity index (χ1n) is 6.72. The molecule has 0 radical (unpaired) electrons. The fourth-order valence-electron chi connectivity index (χ4n) is 2.19. The van der Waals surface area contributed by atoms with Crippen LogP contribution in [0.2, 0.25) is 0 Å². The third-order valence-corrected chi connectivity index (χ3v) is 3.28. The van der Waals surface area contributed by atoms with E-state index in [2.05, 4.69) is 10.3 Å². The van der Waals surface area contributed by atoms with Crippen LogP contribution >= 0.6 is 0 Å². The Balaban J connectivity index is 1.64. The van der Waals surface area contributed by atoms with E-state index in [1.54, 1.807) is 6.07 Å². The van der Waals surface area contributed by atoms with Gasteiger partial charge < -0.3 is 5.32 Å². The van der Waals surface area contributed by atoms with E-state index < -0.39 is 11.6 Å². The summed E-state index contributed by atoms with van der Waals surface area (Å²) in [5, 5.41) is 4.28. The summed E-state index contributed by atoms with van der Waals surface area (Å²) in [5.41, 5.74) is 2.57. The van der Waals surface area contributed by atoms with Gasteiger partial charge in [-0.1, -0.05) is 30.3 Å². The van der Waals surface area contributed by atoms with E-state index in [-0.39, 0.29) is 0 Å². The Kier molecular flexibility index (Phi) is 3.88. The van der Waals surface area contributed by atoms with Gasteiger partial charge in [0, 0.05) is 18.5 Å². The number of nitrogens with zero attached hydrogens (tertiary/aromatic N) is 1. The molecule has 0 saturated carbocycles. The number of benzene rings is 2. The lowest BCUT2D eigenvalue weighted by atomic mass is 10.2. The largest absolute Gasteiger partial charge is 0.307 e. The second-order valence-corrected chi connectivity index (χ2v) is 4.85. The van der Waals surface area contributed by atoms with E-state index in [0.29, 0.717) is 18.7 Å². The lowest BCUT2D eigenvalue weighted by Gasteiger charge is -2.06. The zero-order valence-electron chi connectivity index (χ0n) is 11.3. The van der Waals surface area contributed by atoms with Crippen LogP contribution in [0.5, 0.6) is 0 Å². The van der Waals surface area contributed by atoms with Crippen LogP contribution in [0.15, 0.2) is 54.6 Å². The van der Waals surface area contributed by atoms with Crippen LogP contribution in [0.25, 0.3) is 10.9 Å². The van der Waals surface area contributed by atoms with E-state index in [1.807, 2.05) is 36.4 Å². The fraction of sp³-hybridized carbons (Fsp3) is 0.118. The topological polar surface area (TPSA) is 24.9 Å². The van der Waals surface area contributed by atoms with Crippen molar-refractivity contribution in [3.05, 3.63) is 77.5 Å². The molecule has 4 heteroatoms. The number of para-hydroxylation sites is 1. The van der Waals surface area contributed by atoms with E-state index in [0.717, 1.165) is 22.7 Å². The molecule has 0 aliphatic carbocycles. The van der Waals surface area contributed by atoms with Crippen LogP contribution in [-0.2, 0) is 13.1 Å². The zero-order chi connectivity index (χ0) is 14.7. The lowest BCUT2D eigenvalue weighted by molar-refractivity contribution is 0.506. The second-order valence-electron chi connectivity index (χ2n) is 4.85. The first-order chi connectivity index (χ1) is 10.2. The number of rotatable bonds is 4. The average molecular weight is 284 g/mol. The van der Waals surface area contributed by atoms with Crippen LogP contribution in [0.4, 0.5) is 8.78 Å². The predicted octanol–water partition coefficient (Wildman–Crippen LogP) is 3.80. The van der Waals surface area contributed by atoms with Crippen molar-refractivity contribution in [1.29, 1.82) is 0 Å². The molecule has 2 aromatic carbocycles. The van der Waals surface area contributed by atoms with Gasteiger partial charge in [-0.3, -0.25) is 4.98 Å². The van der Waals surface area contributed by atoms with Crippen molar-refractivity contribution in [3.8, 4) is 0 Å². The van der Waals surface area contributed by atoms with Gasteiger partial charge in [-0.25, -0.2) is 8.78 Å². The highest BCUT2D eigenvalue weighted by molar-refractivity contribution is 5.78. The molecule has 1 N–H and O–H groups in total. The second kappa shape index (κ2) is 5.97. The van der Waals surface area contributed by atoms with Gasteiger partial charge in [0.25, 0.3) is 0 Å². The molecule has 0 saturated heterocycles. The zero-order valence-corrected chi connectivity index (χ0v) is 11.3. The Morgan fingerprint density at radius 1 is 0.857 bits per heavy atom. The summed E-state index contributed by atoms with van der Waals surface area (Å²) in [6.45, 7) is 1.04. The molecule has 1 aromatic heterocycles. The summed E-state index contributed by atoms with van der Waals surface area (Å²) in [6, 6.07) is 15.8. The predicted molar refractivity (Wildman–Crippen MR) is 78.6 cm³/mol. The average Bonchev–Trinajstić information content (AvgIpc) is 2.51. The maximum Gasteiger partial charge on any atom is 0.159 e. The van der Waals surface area contributed by atoms with Gasteiger partial charge in [-0.05, 0) is 29.8 Å². The van der Waals surface area contributed by atoms with E-state index in [9.17, 15) is 8.78 Å². The van der Waals surface area contributed by atoms with E-state index >= 15 is 0 Å². The minimum atomic E-state index is -0.824. The molecule has 1 heterocycles. The smallest absolute Gasteiger partial charge is 0.159 e. The molecule has 0 aliphatic heterocycles. The molecule has 3 aromatic rings. The first kappa shape index (κ1) is 13.6. The Morgan fingerprint density at radius 3 is 2.57 bits per heavy atom. The van der Waals surface area contributed by atoms with Crippen molar-refractivity contribution in [2.45, 2.75) is 13.1 Å². The van der Waals surface area contributed by atoms with Crippen LogP contribution in [0.3, 0.4) is 0 Å². The normalized spacial score (nSPS) is 11.0. The molecule has 106 valence electrons. The summed E-state index contributed by atoms with van der Waals surface area (Å²) in [7, 11) is 0. The first-order valence-corrected chi connectivity index (χ1v) is 6.72. The number of hydrogen-bond donors (Lipinski definition) is 1. The standard InChI is InChI=1S/C17H14F2N2/c18-15-8-5-12(9-16(15)19)10-20-11-14-7-6-13-3-1-2-4-17(13)21-14/h1-9,20H,10-11H2. The van der Waals surface area contributed by atoms with Gasteiger partial charge in [0.2, 0.25) is 0 Å². The van der Waals surface area contributed by atoms with Gasteiger partial charge in [-0.2, -0.15) is 0 Å². The Labute approximate surface area is 121 Å². The van der Waals surface area contributed by atoms with Gasteiger partial charge in [-0.15, -0.1) is 0 Å². The van der Waals surface area contributed by atoms with Crippen molar-refractivity contribution >= 4 is 10.9 Å². The number of aromatic nitrogens is 1.